The first-order valence-electron chi connectivity index (χ1n) is 11.3. The second-order valence-electron chi connectivity index (χ2n) is 7.99. The van der Waals surface area contributed by atoms with Crippen molar-refractivity contribution in [2.75, 3.05) is 25.1 Å². The topological polar surface area (TPSA) is 49.9 Å². The fourth-order valence-electron chi connectivity index (χ4n) is 3.94. The van der Waals surface area contributed by atoms with Crippen LogP contribution < -0.4 is 9.64 Å². The number of benzene rings is 3. The molecule has 0 atom stereocenters. The zero-order valence-corrected chi connectivity index (χ0v) is 19.0. The summed E-state index contributed by atoms with van der Waals surface area (Å²) in [6, 6.07) is 26.9. The highest BCUT2D eigenvalue weighted by atomic mass is 16.5. The lowest BCUT2D eigenvalue weighted by atomic mass is 10.0. The molecule has 3 aromatic rings. The van der Waals surface area contributed by atoms with Crippen molar-refractivity contribution in [3.05, 3.63) is 102 Å². The Hall–Kier alpha value is -3.86. The molecule has 3 aromatic carbocycles. The van der Waals surface area contributed by atoms with Gasteiger partial charge < -0.3 is 9.64 Å². The third-order valence-corrected chi connectivity index (χ3v) is 5.71. The van der Waals surface area contributed by atoms with Gasteiger partial charge in [-0.25, -0.2) is 0 Å². The fraction of sp³-hybridized carbons (Fsp3) is 0.214. The molecule has 1 aliphatic rings. The maximum Gasteiger partial charge on any atom is 0.278 e. The Bertz CT molecular complexity index is 1140. The molecular formula is C28H28N2O3. The Morgan fingerprint density at radius 2 is 1.45 bits per heavy atom. The van der Waals surface area contributed by atoms with Gasteiger partial charge in [0.15, 0.2) is 0 Å². The van der Waals surface area contributed by atoms with E-state index in [2.05, 4.69) is 6.92 Å². The predicted octanol–water partition coefficient (Wildman–Crippen LogP) is 4.93. The van der Waals surface area contributed by atoms with E-state index in [-0.39, 0.29) is 11.8 Å². The second-order valence-corrected chi connectivity index (χ2v) is 7.99. The van der Waals surface area contributed by atoms with Gasteiger partial charge >= 0.3 is 0 Å². The van der Waals surface area contributed by atoms with Crippen LogP contribution in [-0.4, -0.2) is 36.9 Å². The molecule has 0 unspecified atom stereocenters. The molecule has 5 nitrogen and oxygen atoms in total. The van der Waals surface area contributed by atoms with E-state index in [0.29, 0.717) is 36.4 Å². The second kappa shape index (κ2) is 10.2. The zero-order valence-electron chi connectivity index (χ0n) is 19.0. The molecule has 0 spiro atoms. The summed E-state index contributed by atoms with van der Waals surface area (Å²) in [4.78, 5) is 30.2. The number of hydrogen-bond acceptors (Lipinski definition) is 4. The molecule has 0 aromatic heterocycles. The smallest absolute Gasteiger partial charge is 0.278 e. The number of carbonyl (C=O) groups is 2. The van der Waals surface area contributed by atoms with Gasteiger partial charge in [0.25, 0.3) is 11.8 Å². The molecule has 0 N–H and O–H groups in total. The standard InChI is InChI=1S/C28H28N2O3/c1-3-20-33-24-16-14-22(15-17-24)25-26(29(2)23-12-8-5-9-13-23)28(32)30(27(25)31)19-18-21-10-6-4-7-11-21/h4-17H,3,18-20H2,1-2H3. The maximum atomic E-state index is 13.5. The van der Waals surface area contributed by atoms with Crippen LogP contribution in [0, 0.1) is 0 Å². The van der Waals surface area contributed by atoms with Gasteiger partial charge in [0, 0.05) is 19.3 Å². The quantitative estimate of drug-likeness (QED) is 0.443. The first-order valence-corrected chi connectivity index (χ1v) is 11.3. The van der Waals surface area contributed by atoms with Crippen LogP contribution in [0.5, 0.6) is 5.75 Å². The Morgan fingerprint density at radius 3 is 2.09 bits per heavy atom. The summed E-state index contributed by atoms with van der Waals surface area (Å²) in [7, 11) is 1.83. The van der Waals surface area contributed by atoms with Crippen LogP contribution in [0.25, 0.3) is 5.57 Å². The fourth-order valence-corrected chi connectivity index (χ4v) is 3.94. The normalized spacial score (nSPS) is 13.6. The summed E-state index contributed by atoms with van der Waals surface area (Å²) in [5.41, 5.74) is 3.45. The number of hydrogen-bond donors (Lipinski definition) is 0. The van der Waals surface area contributed by atoms with E-state index in [1.54, 1.807) is 4.90 Å². The van der Waals surface area contributed by atoms with E-state index in [1.165, 1.54) is 4.90 Å². The van der Waals surface area contributed by atoms with Crippen LogP contribution in [0.2, 0.25) is 0 Å². The first-order chi connectivity index (χ1) is 16.1. The monoisotopic (exact) mass is 440 g/mol. The summed E-state index contributed by atoms with van der Waals surface area (Å²) in [5, 5.41) is 0. The van der Waals surface area contributed by atoms with E-state index in [4.69, 9.17) is 4.74 Å². The highest BCUT2D eigenvalue weighted by molar-refractivity contribution is 6.36. The lowest BCUT2D eigenvalue weighted by Crippen LogP contribution is -2.35. The SMILES string of the molecule is CCCOc1ccc(C2=C(N(C)c3ccccc3)C(=O)N(CCc3ccccc3)C2=O)cc1. The van der Waals surface area contributed by atoms with Crippen LogP contribution in [0.4, 0.5) is 5.69 Å². The van der Waals surface area contributed by atoms with Crippen molar-refractivity contribution in [2.45, 2.75) is 19.8 Å². The van der Waals surface area contributed by atoms with E-state index in [9.17, 15) is 9.59 Å². The summed E-state index contributed by atoms with van der Waals surface area (Å²) >= 11 is 0. The van der Waals surface area contributed by atoms with E-state index >= 15 is 0 Å². The maximum absolute atomic E-state index is 13.5. The molecule has 0 saturated heterocycles. The van der Waals surface area contributed by atoms with Gasteiger partial charge in [-0.3, -0.25) is 14.5 Å². The van der Waals surface area contributed by atoms with Gasteiger partial charge in [0.2, 0.25) is 0 Å². The Morgan fingerprint density at radius 1 is 0.818 bits per heavy atom. The lowest BCUT2D eigenvalue weighted by Gasteiger charge is -2.21. The van der Waals surface area contributed by atoms with Gasteiger partial charge in [0.1, 0.15) is 11.4 Å². The van der Waals surface area contributed by atoms with Crippen molar-refractivity contribution < 1.29 is 14.3 Å². The highest BCUT2D eigenvalue weighted by Gasteiger charge is 2.40. The van der Waals surface area contributed by atoms with Crippen molar-refractivity contribution in [1.29, 1.82) is 0 Å². The average Bonchev–Trinajstić information content (AvgIpc) is 3.11. The molecular weight excluding hydrogens is 412 g/mol. The van der Waals surface area contributed by atoms with Gasteiger partial charge in [-0.1, -0.05) is 67.6 Å². The molecule has 0 radical (unpaired) electrons. The van der Waals surface area contributed by atoms with Gasteiger partial charge in [-0.2, -0.15) is 0 Å². The van der Waals surface area contributed by atoms with Crippen molar-refractivity contribution >= 4 is 23.1 Å². The number of amides is 2. The van der Waals surface area contributed by atoms with Crippen LogP contribution in [-0.2, 0) is 16.0 Å². The lowest BCUT2D eigenvalue weighted by molar-refractivity contribution is -0.136. The molecule has 168 valence electrons. The van der Waals surface area contributed by atoms with Crippen LogP contribution >= 0.6 is 0 Å². The van der Waals surface area contributed by atoms with Crippen LogP contribution in [0.1, 0.15) is 24.5 Å². The first kappa shape index (κ1) is 22.3. The van der Waals surface area contributed by atoms with Gasteiger partial charge in [-0.05, 0) is 48.2 Å². The third kappa shape index (κ3) is 4.82. The Balaban J connectivity index is 1.68. The summed E-state index contributed by atoms with van der Waals surface area (Å²) in [6.45, 7) is 3.02. The number of carbonyl (C=O) groups excluding carboxylic acids is 2. The molecule has 2 amide bonds. The summed E-state index contributed by atoms with van der Waals surface area (Å²) < 4.78 is 5.68. The highest BCUT2D eigenvalue weighted by Crippen LogP contribution is 2.34. The predicted molar refractivity (Wildman–Crippen MR) is 131 cm³/mol. The molecule has 1 aliphatic heterocycles. The molecule has 4 rings (SSSR count). The van der Waals surface area contributed by atoms with Crippen molar-refractivity contribution in [2.24, 2.45) is 0 Å². The number of rotatable bonds is 9. The number of likely N-dealkylation sites (N-methyl/N-ethyl adjacent to an activating group) is 1. The van der Waals surface area contributed by atoms with Gasteiger partial charge in [0.05, 0.1) is 12.2 Å². The van der Waals surface area contributed by atoms with Crippen molar-refractivity contribution in [3.8, 4) is 5.75 Å². The Labute approximate surface area is 194 Å². The minimum absolute atomic E-state index is 0.268. The summed E-state index contributed by atoms with van der Waals surface area (Å²) in [6.07, 6.45) is 1.53. The van der Waals surface area contributed by atoms with E-state index in [1.807, 2.05) is 92.0 Å². The Kier molecular flexibility index (Phi) is 6.89. The zero-order chi connectivity index (χ0) is 23.2. The number of anilines is 1. The van der Waals surface area contributed by atoms with Crippen molar-refractivity contribution in [1.82, 2.24) is 4.90 Å². The number of para-hydroxylation sites is 1. The summed E-state index contributed by atoms with van der Waals surface area (Å²) in [5.74, 6) is 0.205. The van der Waals surface area contributed by atoms with Crippen LogP contribution in [0.3, 0.4) is 0 Å². The van der Waals surface area contributed by atoms with Gasteiger partial charge in [-0.15, -0.1) is 0 Å². The molecule has 0 bridgehead atoms. The number of nitrogens with zero attached hydrogens (tertiary/aromatic N) is 2. The molecule has 5 heteroatoms. The minimum Gasteiger partial charge on any atom is -0.494 e. The van der Waals surface area contributed by atoms with E-state index < -0.39 is 0 Å². The molecule has 0 saturated carbocycles. The number of imide groups is 1. The average molecular weight is 441 g/mol. The molecule has 0 aliphatic carbocycles. The van der Waals surface area contributed by atoms with Crippen molar-refractivity contribution in [3.63, 3.8) is 0 Å². The minimum atomic E-state index is -0.274. The third-order valence-electron chi connectivity index (χ3n) is 5.71. The largest absolute Gasteiger partial charge is 0.494 e. The molecule has 1 heterocycles. The van der Waals surface area contributed by atoms with Crippen LogP contribution in [0.15, 0.2) is 90.6 Å². The number of ether oxygens (including phenoxy) is 1. The molecule has 33 heavy (non-hydrogen) atoms. The molecule has 0 fully saturated rings. The van der Waals surface area contributed by atoms with E-state index in [0.717, 1.165) is 23.4 Å².